The van der Waals surface area contributed by atoms with Crippen LogP contribution in [0.2, 0.25) is 0 Å². The smallest absolute Gasteiger partial charge is 0.203 e. The molecule has 0 radical (unpaired) electrons. The van der Waals surface area contributed by atoms with Crippen molar-refractivity contribution < 1.29 is 0 Å². The molecule has 0 fully saturated rings. The maximum Gasteiger partial charge on any atom is 0.203 e. The van der Waals surface area contributed by atoms with E-state index in [-0.39, 0.29) is 0 Å². The normalized spacial score (nSPS) is 12.8. The van der Waals surface area contributed by atoms with Gasteiger partial charge in [-0.25, -0.2) is 4.98 Å². The Labute approximate surface area is 99.3 Å². The molecule has 0 aliphatic heterocycles. The molecule has 1 aromatic heterocycles. The van der Waals surface area contributed by atoms with Gasteiger partial charge in [0.05, 0.1) is 5.69 Å². The zero-order valence-corrected chi connectivity index (χ0v) is 11.1. The third-order valence-corrected chi connectivity index (χ3v) is 2.96. The van der Waals surface area contributed by atoms with Crippen LogP contribution in [-0.4, -0.2) is 16.1 Å². The van der Waals surface area contributed by atoms with Crippen molar-refractivity contribution >= 4 is 5.95 Å². The molecule has 0 aromatic carbocycles. The molecule has 0 spiro atoms. The topological polar surface area (TPSA) is 29.9 Å². The lowest BCUT2D eigenvalue weighted by Gasteiger charge is -2.12. The Kier molecular flexibility index (Phi) is 5.36. The van der Waals surface area contributed by atoms with Crippen molar-refractivity contribution in [1.29, 1.82) is 0 Å². The molecule has 1 heterocycles. The van der Waals surface area contributed by atoms with Crippen molar-refractivity contribution in [1.82, 2.24) is 9.55 Å². The number of unbranched alkanes of at least 4 members (excludes halogenated alkanes) is 1. The predicted molar refractivity (Wildman–Crippen MR) is 69.8 cm³/mol. The van der Waals surface area contributed by atoms with Gasteiger partial charge in [0.1, 0.15) is 0 Å². The third kappa shape index (κ3) is 3.87. The number of hydrogen-bond donors (Lipinski definition) is 1. The highest BCUT2D eigenvalue weighted by atomic mass is 15.2. The zero-order chi connectivity index (χ0) is 12.0. The first-order chi connectivity index (χ1) is 7.67. The molecule has 0 aliphatic rings. The molecule has 1 aromatic rings. The minimum Gasteiger partial charge on any atom is -0.355 e. The number of aromatic nitrogens is 2. The minimum atomic E-state index is 0.705. The Morgan fingerprint density at radius 3 is 2.81 bits per heavy atom. The van der Waals surface area contributed by atoms with E-state index in [4.69, 9.17) is 0 Å². The first-order valence-corrected chi connectivity index (χ1v) is 6.45. The number of nitrogens with one attached hydrogen (secondary N) is 1. The van der Waals surface area contributed by atoms with Crippen LogP contribution in [0, 0.1) is 12.8 Å². The second-order valence-corrected chi connectivity index (χ2v) is 4.65. The van der Waals surface area contributed by atoms with E-state index in [1.807, 2.05) is 0 Å². The Morgan fingerprint density at radius 1 is 1.44 bits per heavy atom. The molecule has 1 rings (SSSR count). The van der Waals surface area contributed by atoms with Gasteiger partial charge in [-0.05, 0) is 19.3 Å². The number of anilines is 1. The molecule has 1 atom stereocenters. The predicted octanol–water partition coefficient (Wildman–Crippen LogP) is 3.45. The van der Waals surface area contributed by atoms with Gasteiger partial charge in [-0.1, -0.05) is 33.6 Å². The SMILES string of the molecule is CCCCn1cc(C)nc1NCC(C)CC. The average molecular weight is 223 g/mol. The van der Waals surface area contributed by atoms with Gasteiger partial charge in [0.25, 0.3) is 0 Å². The Bertz CT molecular complexity index is 304. The van der Waals surface area contributed by atoms with Crippen LogP contribution in [0.25, 0.3) is 0 Å². The first-order valence-electron chi connectivity index (χ1n) is 6.45. The van der Waals surface area contributed by atoms with E-state index in [9.17, 15) is 0 Å². The van der Waals surface area contributed by atoms with E-state index in [1.165, 1.54) is 19.3 Å². The van der Waals surface area contributed by atoms with E-state index in [2.05, 4.69) is 48.8 Å². The van der Waals surface area contributed by atoms with Crippen LogP contribution in [0.15, 0.2) is 6.20 Å². The summed E-state index contributed by atoms with van der Waals surface area (Å²) < 4.78 is 2.24. The number of nitrogens with zero attached hydrogens (tertiary/aromatic N) is 2. The Balaban J connectivity index is 2.56. The summed E-state index contributed by atoms with van der Waals surface area (Å²) in [6.45, 7) is 10.8. The van der Waals surface area contributed by atoms with Crippen LogP contribution in [0.3, 0.4) is 0 Å². The van der Waals surface area contributed by atoms with Crippen molar-refractivity contribution in [3.8, 4) is 0 Å². The standard InChI is InChI=1S/C13H25N3/c1-5-7-8-16-10-12(4)15-13(16)14-9-11(3)6-2/h10-11H,5-9H2,1-4H3,(H,14,15). The summed E-state index contributed by atoms with van der Waals surface area (Å²) in [7, 11) is 0. The molecular formula is C13H25N3. The molecule has 1 N–H and O–H groups in total. The average Bonchev–Trinajstić information content (AvgIpc) is 2.63. The van der Waals surface area contributed by atoms with E-state index >= 15 is 0 Å². The van der Waals surface area contributed by atoms with Gasteiger partial charge >= 0.3 is 0 Å². The molecule has 1 unspecified atom stereocenters. The van der Waals surface area contributed by atoms with E-state index in [0.717, 1.165) is 24.7 Å². The summed E-state index contributed by atoms with van der Waals surface area (Å²) in [6, 6.07) is 0. The summed E-state index contributed by atoms with van der Waals surface area (Å²) in [5, 5.41) is 3.45. The molecule has 0 amide bonds. The molecular weight excluding hydrogens is 198 g/mol. The van der Waals surface area contributed by atoms with Crippen molar-refractivity contribution in [3.05, 3.63) is 11.9 Å². The van der Waals surface area contributed by atoms with Gasteiger partial charge in [0.15, 0.2) is 0 Å². The van der Waals surface area contributed by atoms with Crippen LogP contribution < -0.4 is 5.32 Å². The largest absolute Gasteiger partial charge is 0.355 e. The van der Waals surface area contributed by atoms with Gasteiger partial charge in [-0.15, -0.1) is 0 Å². The molecule has 3 nitrogen and oxygen atoms in total. The monoisotopic (exact) mass is 223 g/mol. The van der Waals surface area contributed by atoms with Crippen molar-refractivity contribution in [2.75, 3.05) is 11.9 Å². The Hall–Kier alpha value is -0.990. The van der Waals surface area contributed by atoms with Gasteiger partial charge in [0, 0.05) is 19.3 Å². The summed E-state index contributed by atoms with van der Waals surface area (Å²) in [4.78, 5) is 4.52. The van der Waals surface area contributed by atoms with Gasteiger partial charge in [-0.3, -0.25) is 0 Å². The van der Waals surface area contributed by atoms with E-state index in [0.29, 0.717) is 5.92 Å². The number of imidazole rings is 1. The minimum absolute atomic E-state index is 0.705. The first kappa shape index (κ1) is 13.1. The van der Waals surface area contributed by atoms with E-state index in [1.54, 1.807) is 0 Å². The number of rotatable bonds is 7. The zero-order valence-electron chi connectivity index (χ0n) is 11.1. The van der Waals surface area contributed by atoms with Crippen molar-refractivity contribution in [2.45, 2.75) is 53.5 Å². The lowest BCUT2D eigenvalue weighted by Crippen LogP contribution is -2.14. The fourth-order valence-corrected chi connectivity index (χ4v) is 1.60. The molecule has 92 valence electrons. The Morgan fingerprint density at radius 2 is 2.19 bits per heavy atom. The van der Waals surface area contributed by atoms with Gasteiger partial charge in [-0.2, -0.15) is 0 Å². The highest BCUT2D eigenvalue weighted by Crippen LogP contribution is 2.11. The molecule has 16 heavy (non-hydrogen) atoms. The second-order valence-electron chi connectivity index (χ2n) is 4.65. The lowest BCUT2D eigenvalue weighted by molar-refractivity contribution is 0.582. The number of aryl methyl sites for hydroxylation is 2. The van der Waals surface area contributed by atoms with Crippen molar-refractivity contribution in [3.63, 3.8) is 0 Å². The molecule has 0 aliphatic carbocycles. The fraction of sp³-hybridized carbons (Fsp3) is 0.769. The summed E-state index contributed by atoms with van der Waals surface area (Å²) in [5.41, 5.74) is 1.10. The second kappa shape index (κ2) is 6.56. The maximum absolute atomic E-state index is 4.52. The van der Waals surface area contributed by atoms with Crippen LogP contribution in [0.4, 0.5) is 5.95 Å². The summed E-state index contributed by atoms with van der Waals surface area (Å²) in [6.07, 6.45) is 5.78. The summed E-state index contributed by atoms with van der Waals surface area (Å²) in [5.74, 6) is 1.74. The van der Waals surface area contributed by atoms with Crippen molar-refractivity contribution in [2.24, 2.45) is 5.92 Å². The van der Waals surface area contributed by atoms with E-state index < -0.39 is 0 Å². The molecule has 3 heteroatoms. The molecule has 0 saturated carbocycles. The highest BCUT2D eigenvalue weighted by molar-refractivity contribution is 5.28. The lowest BCUT2D eigenvalue weighted by atomic mass is 10.1. The fourth-order valence-electron chi connectivity index (χ4n) is 1.60. The van der Waals surface area contributed by atoms with Gasteiger partial charge in [0.2, 0.25) is 5.95 Å². The van der Waals surface area contributed by atoms with Gasteiger partial charge < -0.3 is 9.88 Å². The summed E-state index contributed by atoms with van der Waals surface area (Å²) >= 11 is 0. The van der Waals surface area contributed by atoms with Crippen LogP contribution >= 0.6 is 0 Å². The van der Waals surface area contributed by atoms with Crippen LogP contribution in [-0.2, 0) is 6.54 Å². The third-order valence-electron chi connectivity index (χ3n) is 2.96. The van der Waals surface area contributed by atoms with Crippen LogP contribution in [0.5, 0.6) is 0 Å². The molecule has 0 bridgehead atoms. The quantitative estimate of drug-likeness (QED) is 0.767. The maximum atomic E-state index is 4.52. The highest BCUT2D eigenvalue weighted by Gasteiger charge is 2.06. The molecule has 0 saturated heterocycles. The van der Waals surface area contributed by atoms with Crippen LogP contribution in [0.1, 0.15) is 45.7 Å². The number of hydrogen-bond acceptors (Lipinski definition) is 2.